The third-order valence-electron chi connectivity index (χ3n) is 1.30. The Balaban J connectivity index is 3.41. The van der Waals surface area contributed by atoms with Gasteiger partial charge in [0, 0.05) is 7.11 Å². The normalized spacial score (nSPS) is 14.3. The number of hydrogen-bond acceptors (Lipinski definition) is 3. The van der Waals surface area contributed by atoms with E-state index in [1.54, 1.807) is 7.11 Å². The molecule has 0 radical (unpaired) electrons. The highest BCUT2D eigenvalue weighted by Gasteiger charge is 2.07. The van der Waals surface area contributed by atoms with Crippen molar-refractivity contribution in [1.29, 1.82) is 0 Å². The number of aliphatic hydroxyl groups is 1. The van der Waals surface area contributed by atoms with E-state index in [2.05, 4.69) is 0 Å². The molecule has 0 unspecified atom stereocenters. The van der Waals surface area contributed by atoms with Gasteiger partial charge in [0.1, 0.15) is 0 Å². The minimum atomic E-state index is 0.134. The van der Waals surface area contributed by atoms with Crippen LogP contribution in [0.3, 0.4) is 0 Å². The molecule has 3 heteroatoms. The Hall–Kier alpha value is -0.120. The highest BCUT2D eigenvalue weighted by atomic mass is 16.5. The summed E-state index contributed by atoms with van der Waals surface area (Å²) < 4.78 is 4.85. The average molecular weight is 133 g/mol. The molecular formula is C6H15NO2. The first-order valence-electron chi connectivity index (χ1n) is 2.98. The predicted molar refractivity (Wildman–Crippen MR) is 36.4 cm³/mol. The van der Waals surface area contributed by atoms with Crippen molar-refractivity contribution < 1.29 is 9.84 Å². The molecule has 0 heterocycles. The van der Waals surface area contributed by atoms with Gasteiger partial charge in [0.2, 0.25) is 0 Å². The molecule has 0 aromatic heterocycles. The molecule has 0 saturated carbocycles. The number of likely N-dealkylation sites (N-methyl/N-ethyl adjacent to an activating group) is 1. The van der Waals surface area contributed by atoms with Gasteiger partial charge < -0.3 is 14.7 Å². The SMILES string of the molecule is COC[C@H](CO)N(C)C. The van der Waals surface area contributed by atoms with E-state index >= 15 is 0 Å². The topological polar surface area (TPSA) is 32.7 Å². The summed E-state index contributed by atoms with van der Waals surface area (Å²) in [5.41, 5.74) is 0. The highest BCUT2D eigenvalue weighted by Crippen LogP contribution is 1.90. The number of nitrogens with zero attached hydrogens (tertiary/aromatic N) is 1. The van der Waals surface area contributed by atoms with Crippen LogP contribution in [0.5, 0.6) is 0 Å². The Morgan fingerprint density at radius 3 is 2.22 bits per heavy atom. The van der Waals surface area contributed by atoms with Crippen LogP contribution in [0.1, 0.15) is 0 Å². The molecule has 3 nitrogen and oxygen atoms in total. The zero-order chi connectivity index (χ0) is 7.28. The third kappa shape index (κ3) is 3.46. The number of ether oxygens (including phenoxy) is 1. The van der Waals surface area contributed by atoms with Gasteiger partial charge >= 0.3 is 0 Å². The summed E-state index contributed by atoms with van der Waals surface area (Å²) in [4.78, 5) is 1.93. The van der Waals surface area contributed by atoms with Gasteiger partial charge in [-0.1, -0.05) is 0 Å². The van der Waals surface area contributed by atoms with Crippen molar-refractivity contribution in [1.82, 2.24) is 4.90 Å². The lowest BCUT2D eigenvalue weighted by Gasteiger charge is -2.20. The second kappa shape index (κ2) is 4.73. The summed E-state index contributed by atoms with van der Waals surface area (Å²) in [7, 11) is 5.46. The predicted octanol–water partition coefficient (Wildman–Crippen LogP) is -0.445. The van der Waals surface area contributed by atoms with E-state index in [0.29, 0.717) is 6.61 Å². The van der Waals surface area contributed by atoms with Gasteiger partial charge in [0.25, 0.3) is 0 Å². The molecule has 0 aromatic rings. The van der Waals surface area contributed by atoms with E-state index in [0.717, 1.165) is 0 Å². The fraction of sp³-hybridized carbons (Fsp3) is 1.00. The fourth-order valence-corrected chi connectivity index (χ4v) is 0.557. The zero-order valence-electron chi connectivity index (χ0n) is 6.29. The molecule has 1 atom stereocenters. The zero-order valence-corrected chi connectivity index (χ0v) is 6.29. The van der Waals surface area contributed by atoms with Crippen LogP contribution in [0.2, 0.25) is 0 Å². The van der Waals surface area contributed by atoms with Gasteiger partial charge in [0.05, 0.1) is 19.3 Å². The van der Waals surface area contributed by atoms with E-state index < -0.39 is 0 Å². The fourth-order valence-electron chi connectivity index (χ4n) is 0.557. The second-order valence-corrected chi connectivity index (χ2v) is 2.26. The standard InChI is InChI=1S/C6H15NO2/c1-7(2)6(4-8)5-9-3/h6,8H,4-5H2,1-3H3/t6-/m0/s1. The van der Waals surface area contributed by atoms with E-state index in [1.807, 2.05) is 19.0 Å². The molecule has 0 spiro atoms. The molecule has 0 fully saturated rings. The lowest BCUT2D eigenvalue weighted by atomic mass is 10.3. The number of hydrogen-bond donors (Lipinski definition) is 1. The van der Waals surface area contributed by atoms with E-state index in [1.165, 1.54) is 0 Å². The van der Waals surface area contributed by atoms with Gasteiger partial charge in [-0.2, -0.15) is 0 Å². The third-order valence-corrected chi connectivity index (χ3v) is 1.30. The largest absolute Gasteiger partial charge is 0.395 e. The molecule has 0 rings (SSSR count). The van der Waals surface area contributed by atoms with Crippen molar-refractivity contribution in [2.75, 3.05) is 34.4 Å². The van der Waals surface area contributed by atoms with Crippen LogP contribution in [0.4, 0.5) is 0 Å². The summed E-state index contributed by atoms with van der Waals surface area (Å²) in [6.45, 7) is 0.740. The maximum absolute atomic E-state index is 8.71. The number of aliphatic hydroxyl groups excluding tert-OH is 1. The van der Waals surface area contributed by atoms with E-state index in [-0.39, 0.29) is 12.6 Å². The van der Waals surface area contributed by atoms with Crippen LogP contribution in [0.25, 0.3) is 0 Å². The minimum Gasteiger partial charge on any atom is -0.395 e. The molecule has 0 saturated heterocycles. The molecular weight excluding hydrogens is 118 g/mol. The van der Waals surface area contributed by atoms with Crippen molar-refractivity contribution in [3.63, 3.8) is 0 Å². The number of methoxy groups -OCH3 is 1. The summed E-state index contributed by atoms with van der Waals surface area (Å²) in [5, 5.41) is 8.71. The van der Waals surface area contributed by atoms with Crippen LogP contribution in [0.15, 0.2) is 0 Å². The van der Waals surface area contributed by atoms with Crippen molar-refractivity contribution >= 4 is 0 Å². The Morgan fingerprint density at radius 2 is 2.11 bits per heavy atom. The van der Waals surface area contributed by atoms with Crippen molar-refractivity contribution in [2.24, 2.45) is 0 Å². The molecule has 0 aromatic carbocycles. The smallest absolute Gasteiger partial charge is 0.0640 e. The monoisotopic (exact) mass is 133 g/mol. The van der Waals surface area contributed by atoms with E-state index in [9.17, 15) is 0 Å². The highest BCUT2D eigenvalue weighted by molar-refractivity contribution is 4.61. The lowest BCUT2D eigenvalue weighted by Crippen LogP contribution is -2.35. The molecule has 0 aliphatic heterocycles. The molecule has 0 aliphatic carbocycles. The Labute approximate surface area is 56.2 Å². The van der Waals surface area contributed by atoms with Crippen LogP contribution in [-0.2, 0) is 4.74 Å². The minimum absolute atomic E-state index is 0.134. The molecule has 1 N–H and O–H groups in total. The Bertz CT molecular complexity index is 66.1. The molecule has 0 amide bonds. The molecule has 0 aliphatic rings. The first-order valence-corrected chi connectivity index (χ1v) is 2.98. The first-order chi connectivity index (χ1) is 4.22. The Kier molecular flexibility index (Phi) is 4.67. The summed E-state index contributed by atoms with van der Waals surface area (Å²) in [5.74, 6) is 0. The van der Waals surface area contributed by atoms with Gasteiger partial charge in [0.15, 0.2) is 0 Å². The van der Waals surface area contributed by atoms with Gasteiger partial charge in [-0.3, -0.25) is 0 Å². The van der Waals surface area contributed by atoms with Crippen LogP contribution in [-0.4, -0.2) is 50.5 Å². The quantitative estimate of drug-likeness (QED) is 0.564. The Morgan fingerprint density at radius 1 is 1.56 bits per heavy atom. The van der Waals surface area contributed by atoms with Crippen LogP contribution < -0.4 is 0 Å². The summed E-state index contributed by atoms with van der Waals surface area (Å²) in [6.07, 6.45) is 0. The van der Waals surface area contributed by atoms with Gasteiger partial charge in [-0.05, 0) is 14.1 Å². The molecule has 0 bridgehead atoms. The van der Waals surface area contributed by atoms with Crippen LogP contribution in [0, 0.1) is 0 Å². The maximum atomic E-state index is 8.71. The lowest BCUT2D eigenvalue weighted by molar-refractivity contribution is 0.0795. The van der Waals surface area contributed by atoms with E-state index in [4.69, 9.17) is 9.84 Å². The van der Waals surface area contributed by atoms with Crippen molar-refractivity contribution in [2.45, 2.75) is 6.04 Å². The maximum Gasteiger partial charge on any atom is 0.0640 e. The number of rotatable bonds is 4. The molecule has 56 valence electrons. The van der Waals surface area contributed by atoms with Gasteiger partial charge in [-0.25, -0.2) is 0 Å². The van der Waals surface area contributed by atoms with Crippen molar-refractivity contribution in [3.05, 3.63) is 0 Å². The second-order valence-electron chi connectivity index (χ2n) is 2.26. The van der Waals surface area contributed by atoms with Gasteiger partial charge in [-0.15, -0.1) is 0 Å². The van der Waals surface area contributed by atoms with Crippen molar-refractivity contribution in [3.8, 4) is 0 Å². The van der Waals surface area contributed by atoms with Crippen LogP contribution >= 0.6 is 0 Å². The average Bonchev–Trinajstić information content (AvgIpc) is 1.82. The summed E-state index contributed by atoms with van der Waals surface area (Å²) in [6, 6.07) is 0.134. The summed E-state index contributed by atoms with van der Waals surface area (Å²) >= 11 is 0. The first kappa shape index (κ1) is 8.88. The molecule has 9 heavy (non-hydrogen) atoms.